The Morgan fingerprint density at radius 1 is 1.07 bits per heavy atom. The van der Waals surface area contributed by atoms with E-state index < -0.39 is 0 Å². The normalized spacial score (nSPS) is 20.6. The van der Waals surface area contributed by atoms with Crippen molar-refractivity contribution < 1.29 is 4.79 Å². The molecule has 160 valence electrons. The minimum Gasteiger partial charge on any atom is -0.355 e. The summed E-state index contributed by atoms with van der Waals surface area (Å²) >= 11 is 0. The number of piperazine rings is 1. The van der Waals surface area contributed by atoms with E-state index in [1.807, 2.05) is 0 Å². The van der Waals surface area contributed by atoms with Crippen LogP contribution in [0.3, 0.4) is 0 Å². The second-order valence-electron chi connectivity index (χ2n) is 8.85. The van der Waals surface area contributed by atoms with Crippen molar-refractivity contribution in [2.24, 2.45) is 5.92 Å². The molecule has 0 unspecified atom stereocenters. The smallest absolute Gasteiger partial charge is 0.227 e. The lowest BCUT2D eigenvalue weighted by Gasteiger charge is -2.39. The summed E-state index contributed by atoms with van der Waals surface area (Å²) in [6.07, 6.45) is 7.20. The molecule has 2 aromatic rings. The van der Waals surface area contributed by atoms with Gasteiger partial charge in [-0.1, -0.05) is 38.1 Å². The maximum Gasteiger partial charge on any atom is 0.227 e. The molecule has 3 heterocycles. The highest BCUT2D eigenvalue weighted by Gasteiger charge is 2.31. The van der Waals surface area contributed by atoms with Crippen molar-refractivity contribution in [3.8, 4) is 0 Å². The zero-order chi connectivity index (χ0) is 20.9. The molecule has 2 aliphatic rings. The largest absolute Gasteiger partial charge is 0.355 e. The summed E-state index contributed by atoms with van der Waals surface area (Å²) in [5.74, 6) is 1.82. The number of piperidine rings is 1. The Hall–Kier alpha value is -2.47. The Labute approximate surface area is 179 Å². The van der Waals surface area contributed by atoms with Crippen LogP contribution in [-0.2, 0) is 11.3 Å². The summed E-state index contributed by atoms with van der Waals surface area (Å²) in [4.78, 5) is 28.5. The van der Waals surface area contributed by atoms with E-state index in [4.69, 9.17) is 0 Å². The third-order valence-corrected chi connectivity index (χ3v) is 6.38. The molecule has 1 atom stereocenters. The van der Waals surface area contributed by atoms with E-state index in [2.05, 4.69) is 62.8 Å². The first-order valence-corrected chi connectivity index (χ1v) is 11.2. The Kier molecular flexibility index (Phi) is 6.62. The molecule has 30 heavy (non-hydrogen) atoms. The van der Waals surface area contributed by atoms with Crippen LogP contribution in [0, 0.1) is 5.92 Å². The zero-order valence-electron chi connectivity index (χ0n) is 18.2. The molecule has 2 fully saturated rings. The summed E-state index contributed by atoms with van der Waals surface area (Å²) in [5, 5.41) is 0. The molecule has 0 saturated carbocycles. The number of rotatable bonds is 5. The zero-order valence-corrected chi connectivity index (χ0v) is 18.2. The van der Waals surface area contributed by atoms with Crippen LogP contribution in [0.25, 0.3) is 0 Å². The van der Waals surface area contributed by atoms with Crippen LogP contribution in [0.5, 0.6) is 0 Å². The average Bonchev–Trinajstić information content (AvgIpc) is 2.80. The highest BCUT2D eigenvalue weighted by molar-refractivity contribution is 5.80. The molecule has 1 amide bonds. The molecule has 0 aliphatic carbocycles. The first kappa shape index (κ1) is 20.8. The number of amides is 1. The highest BCUT2D eigenvalue weighted by Crippen LogP contribution is 2.23. The van der Waals surface area contributed by atoms with Crippen LogP contribution < -0.4 is 4.90 Å². The van der Waals surface area contributed by atoms with Gasteiger partial charge in [-0.15, -0.1) is 0 Å². The molecule has 0 spiro atoms. The maximum atomic E-state index is 13.1. The molecular weight excluding hydrogens is 374 g/mol. The minimum absolute atomic E-state index is 0.0656. The Morgan fingerprint density at radius 2 is 1.83 bits per heavy atom. The van der Waals surface area contributed by atoms with Gasteiger partial charge in [0.05, 0.1) is 12.1 Å². The van der Waals surface area contributed by atoms with Gasteiger partial charge in [-0.3, -0.25) is 14.7 Å². The van der Waals surface area contributed by atoms with Crippen LogP contribution in [0.15, 0.2) is 42.9 Å². The van der Waals surface area contributed by atoms with Crippen LogP contribution in [0.1, 0.15) is 43.7 Å². The summed E-state index contributed by atoms with van der Waals surface area (Å²) in [7, 11) is 0. The summed E-state index contributed by atoms with van der Waals surface area (Å²) in [5.41, 5.74) is 2.74. The van der Waals surface area contributed by atoms with Crippen LogP contribution in [0.2, 0.25) is 0 Å². The Morgan fingerprint density at radius 3 is 2.50 bits per heavy atom. The second-order valence-corrected chi connectivity index (χ2v) is 8.85. The van der Waals surface area contributed by atoms with Gasteiger partial charge in [-0.05, 0) is 29.9 Å². The summed E-state index contributed by atoms with van der Waals surface area (Å²) in [6.45, 7) is 10.6. The number of hydrogen-bond acceptors (Lipinski definition) is 5. The van der Waals surface area contributed by atoms with E-state index in [0.29, 0.717) is 11.8 Å². The number of nitrogens with zero attached hydrogens (tertiary/aromatic N) is 5. The number of aromatic nitrogens is 2. The third-order valence-electron chi connectivity index (χ3n) is 6.38. The molecule has 1 aromatic carbocycles. The predicted octanol–water partition coefficient (Wildman–Crippen LogP) is 3.16. The Balaban J connectivity index is 1.27. The van der Waals surface area contributed by atoms with Crippen LogP contribution in [-0.4, -0.2) is 64.9 Å². The monoisotopic (exact) mass is 407 g/mol. The van der Waals surface area contributed by atoms with E-state index in [-0.39, 0.29) is 5.92 Å². The lowest BCUT2D eigenvalue weighted by atomic mass is 9.96. The molecule has 2 saturated heterocycles. The number of carbonyl (C=O) groups excluding carboxylic acids is 1. The Bertz CT molecular complexity index is 815. The first-order valence-electron chi connectivity index (χ1n) is 11.2. The van der Waals surface area contributed by atoms with Crippen molar-refractivity contribution in [1.82, 2.24) is 19.8 Å². The number of benzene rings is 1. The molecule has 0 N–H and O–H groups in total. The molecule has 0 radical (unpaired) electrons. The van der Waals surface area contributed by atoms with Gasteiger partial charge in [-0.25, -0.2) is 4.98 Å². The standard InChI is InChI=1S/C24H33N5O/c1-19(2)21-7-5-20(6-8-21)17-27-12-14-28(15-13-27)24(30)22-4-3-11-29(18-22)23-16-25-9-10-26-23/h5-10,16,19,22H,3-4,11-15,17-18H2,1-2H3/t22-/m1/s1. The van der Waals surface area contributed by atoms with Crippen molar-refractivity contribution in [3.63, 3.8) is 0 Å². The molecule has 6 heteroatoms. The second kappa shape index (κ2) is 9.56. The maximum absolute atomic E-state index is 13.1. The fourth-order valence-electron chi connectivity index (χ4n) is 4.49. The van der Waals surface area contributed by atoms with Crippen molar-refractivity contribution >= 4 is 11.7 Å². The van der Waals surface area contributed by atoms with E-state index >= 15 is 0 Å². The average molecular weight is 408 g/mol. The predicted molar refractivity (Wildman–Crippen MR) is 119 cm³/mol. The van der Waals surface area contributed by atoms with E-state index in [1.165, 1.54) is 11.1 Å². The summed E-state index contributed by atoms with van der Waals surface area (Å²) < 4.78 is 0. The SMILES string of the molecule is CC(C)c1ccc(CN2CCN(C(=O)[C@@H]3CCCN(c4cnccn4)C3)CC2)cc1. The number of hydrogen-bond donors (Lipinski definition) is 0. The number of anilines is 1. The van der Waals surface area contributed by atoms with Crippen molar-refractivity contribution in [2.75, 3.05) is 44.2 Å². The van der Waals surface area contributed by atoms with Gasteiger partial charge in [0.1, 0.15) is 5.82 Å². The van der Waals surface area contributed by atoms with Gasteiger partial charge >= 0.3 is 0 Å². The van der Waals surface area contributed by atoms with Crippen molar-refractivity contribution in [1.29, 1.82) is 0 Å². The van der Waals surface area contributed by atoms with Gasteiger partial charge in [-0.2, -0.15) is 0 Å². The van der Waals surface area contributed by atoms with E-state index in [1.54, 1.807) is 18.6 Å². The fourth-order valence-corrected chi connectivity index (χ4v) is 4.49. The van der Waals surface area contributed by atoms with Crippen molar-refractivity contribution in [2.45, 2.75) is 39.2 Å². The first-order chi connectivity index (χ1) is 14.6. The molecule has 1 aromatic heterocycles. The van der Waals surface area contributed by atoms with Gasteiger partial charge < -0.3 is 9.80 Å². The minimum atomic E-state index is 0.0656. The van der Waals surface area contributed by atoms with Gasteiger partial charge in [0.15, 0.2) is 0 Å². The number of carbonyl (C=O) groups is 1. The molecule has 2 aliphatic heterocycles. The van der Waals surface area contributed by atoms with Crippen molar-refractivity contribution in [3.05, 3.63) is 54.0 Å². The van der Waals surface area contributed by atoms with Crippen LogP contribution >= 0.6 is 0 Å². The molecule has 4 rings (SSSR count). The molecule has 6 nitrogen and oxygen atoms in total. The third kappa shape index (κ3) is 4.98. The van der Waals surface area contributed by atoms with Crippen LogP contribution in [0.4, 0.5) is 5.82 Å². The molecular formula is C24H33N5O. The summed E-state index contributed by atoms with van der Waals surface area (Å²) in [6, 6.07) is 8.98. The highest BCUT2D eigenvalue weighted by atomic mass is 16.2. The van der Waals surface area contributed by atoms with E-state index in [9.17, 15) is 4.79 Å². The lowest BCUT2D eigenvalue weighted by molar-refractivity contribution is -0.137. The fraction of sp³-hybridized carbons (Fsp3) is 0.542. The topological polar surface area (TPSA) is 52.6 Å². The quantitative estimate of drug-likeness (QED) is 0.762. The van der Waals surface area contributed by atoms with Gasteiger partial charge in [0.25, 0.3) is 0 Å². The molecule has 0 bridgehead atoms. The van der Waals surface area contributed by atoms with E-state index in [0.717, 1.165) is 64.5 Å². The van der Waals surface area contributed by atoms with Gasteiger partial charge in [0, 0.05) is 58.2 Å². The van der Waals surface area contributed by atoms with Gasteiger partial charge in [0.2, 0.25) is 5.91 Å². The lowest BCUT2D eigenvalue weighted by Crippen LogP contribution is -2.52.